The predicted molar refractivity (Wildman–Crippen MR) is 96.2 cm³/mol. The van der Waals surface area contributed by atoms with Gasteiger partial charge in [-0.2, -0.15) is 0 Å². The van der Waals surface area contributed by atoms with Gasteiger partial charge in [0.1, 0.15) is 17.9 Å². The van der Waals surface area contributed by atoms with Crippen molar-refractivity contribution in [3.05, 3.63) is 69.8 Å². The van der Waals surface area contributed by atoms with E-state index in [-0.39, 0.29) is 22.8 Å². The van der Waals surface area contributed by atoms with Gasteiger partial charge in [-0.05, 0) is 34.9 Å². The van der Waals surface area contributed by atoms with Gasteiger partial charge in [0.2, 0.25) is 0 Å². The highest BCUT2D eigenvalue weighted by atomic mass is 35.5. The number of benzene rings is 2. The van der Waals surface area contributed by atoms with E-state index in [1.54, 1.807) is 24.3 Å². The van der Waals surface area contributed by atoms with Gasteiger partial charge in [0.15, 0.2) is 0 Å². The number of amides is 4. The van der Waals surface area contributed by atoms with Crippen molar-refractivity contribution in [2.75, 3.05) is 0 Å². The third-order valence-electron chi connectivity index (χ3n) is 3.79. The first kappa shape index (κ1) is 19.1. The maximum atomic E-state index is 11.7. The molecule has 0 radical (unpaired) electrons. The Kier molecular flexibility index (Phi) is 5.42. The molecule has 1 aliphatic rings. The van der Waals surface area contributed by atoms with E-state index in [0.717, 1.165) is 5.56 Å². The van der Waals surface area contributed by atoms with E-state index in [9.17, 15) is 24.3 Å². The topological polar surface area (TPSA) is 125 Å². The number of rotatable bonds is 5. The molecule has 0 aromatic heterocycles. The fourth-order valence-electron chi connectivity index (χ4n) is 2.40. The van der Waals surface area contributed by atoms with E-state index >= 15 is 0 Å². The number of urea groups is 1. The normalized spacial score (nSPS) is 13.6. The van der Waals surface area contributed by atoms with Crippen LogP contribution in [0.4, 0.5) is 4.79 Å². The lowest BCUT2D eigenvalue weighted by Gasteiger charge is -2.14. The Bertz CT molecular complexity index is 992. The van der Waals surface area contributed by atoms with Crippen LogP contribution in [0.1, 0.15) is 21.5 Å². The maximum Gasteiger partial charge on any atom is 0.328 e. The summed E-state index contributed by atoms with van der Waals surface area (Å²) >= 11 is 6.18. The number of carbonyl (C=O) groups is 4. The van der Waals surface area contributed by atoms with Crippen LogP contribution in [-0.2, 0) is 16.2 Å². The zero-order valence-corrected chi connectivity index (χ0v) is 14.9. The molecule has 0 bridgehead atoms. The number of nitrogens with one attached hydrogen (secondary N) is 2. The zero-order valence-electron chi connectivity index (χ0n) is 14.2. The van der Waals surface area contributed by atoms with Crippen molar-refractivity contribution in [1.82, 2.24) is 10.6 Å². The molecule has 8 nitrogen and oxygen atoms in total. The van der Waals surface area contributed by atoms with Crippen LogP contribution in [0.25, 0.3) is 6.08 Å². The molecule has 0 saturated carbocycles. The number of hydrogen-bond donors (Lipinski definition) is 2. The van der Waals surface area contributed by atoms with Crippen LogP contribution in [0.15, 0.2) is 48.0 Å². The number of imide groups is 2. The predicted octanol–water partition coefficient (Wildman–Crippen LogP) is 1.03. The molecule has 3 rings (SSSR count). The number of halogens is 1. The van der Waals surface area contributed by atoms with Gasteiger partial charge < -0.3 is 14.6 Å². The summed E-state index contributed by atoms with van der Waals surface area (Å²) in [6, 6.07) is 9.80. The van der Waals surface area contributed by atoms with Gasteiger partial charge in [0.05, 0.1) is 11.0 Å². The molecule has 1 saturated heterocycles. The van der Waals surface area contributed by atoms with E-state index in [4.69, 9.17) is 16.3 Å². The van der Waals surface area contributed by atoms with Crippen molar-refractivity contribution in [2.45, 2.75) is 6.61 Å². The second kappa shape index (κ2) is 7.93. The molecule has 4 amide bonds. The van der Waals surface area contributed by atoms with Crippen LogP contribution in [0.2, 0.25) is 5.02 Å². The average molecular weight is 400 g/mol. The van der Waals surface area contributed by atoms with Gasteiger partial charge in [-0.3, -0.25) is 20.2 Å². The second-order valence-corrected chi connectivity index (χ2v) is 6.17. The van der Waals surface area contributed by atoms with Gasteiger partial charge in [-0.1, -0.05) is 41.9 Å². The molecule has 9 heteroatoms. The third kappa shape index (κ3) is 4.36. The molecule has 0 aliphatic carbocycles. The highest BCUT2D eigenvalue weighted by Crippen LogP contribution is 2.27. The van der Waals surface area contributed by atoms with Crippen LogP contribution < -0.4 is 20.5 Å². The standard InChI is InChI=1S/C19H13ClN2O6/c20-14-8-11(7-13-16(23)21-19(27)22-17(13)24)3-6-15(14)28-9-10-1-4-12(5-2-10)18(25)26/h1-8H,9H2,(H,25,26)(H2,21,22,23,24,27)/p-1. The van der Waals surface area contributed by atoms with Crippen LogP contribution in [0, 0.1) is 0 Å². The number of hydrogen-bond acceptors (Lipinski definition) is 6. The van der Waals surface area contributed by atoms with Crippen LogP contribution in [-0.4, -0.2) is 23.8 Å². The molecule has 2 aromatic carbocycles. The van der Waals surface area contributed by atoms with E-state index in [1.165, 1.54) is 24.3 Å². The summed E-state index contributed by atoms with van der Waals surface area (Å²) in [6.45, 7) is 0.153. The Balaban J connectivity index is 1.71. The van der Waals surface area contributed by atoms with Crippen molar-refractivity contribution in [3.8, 4) is 5.75 Å². The van der Waals surface area contributed by atoms with E-state index in [1.807, 2.05) is 10.6 Å². The summed E-state index contributed by atoms with van der Waals surface area (Å²) in [5.74, 6) is -2.50. The van der Waals surface area contributed by atoms with Crippen LogP contribution in [0.5, 0.6) is 5.75 Å². The first-order valence-electron chi connectivity index (χ1n) is 7.94. The molecule has 1 heterocycles. The third-order valence-corrected chi connectivity index (χ3v) is 4.09. The first-order chi connectivity index (χ1) is 13.3. The molecule has 2 aromatic rings. The lowest BCUT2D eigenvalue weighted by molar-refractivity contribution is -0.255. The number of aromatic carboxylic acids is 1. The van der Waals surface area contributed by atoms with Crippen molar-refractivity contribution < 1.29 is 29.0 Å². The Morgan fingerprint density at radius 2 is 1.68 bits per heavy atom. The first-order valence-corrected chi connectivity index (χ1v) is 8.32. The summed E-state index contributed by atoms with van der Waals surface area (Å²) in [7, 11) is 0. The summed E-state index contributed by atoms with van der Waals surface area (Å²) < 4.78 is 5.61. The molecular weight excluding hydrogens is 388 g/mol. The quantitative estimate of drug-likeness (QED) is 0.571. The number of carboxylic acid groups (broad SMARTS) is 1. The second-order valence-electron chi connectivity index (χ2n) is 5.76. The van der Waals surface area contributed by atoms with Gasteiger partial charge in [-0.25, -0.2) is 4.79 Å². The lowest BCUT2D eigenvalue weighted by atomic mass is 10.1. The number of carboxylic acids is 1. The minimum atomic E-state index is -1.26. The molecule has 0 atom stereocenters. The van der Waals surface area contributed by atoms with Crippen LogP contribution in [0.3, 0.4) is 0 Å². The maximum absolute atomic E-state index is 11.7. The molecule has 1 aliphatic heterocycles. The van der Waals surface area contributed by atoms with Crippen molar-refractivity contribution >= 4 is 41.5 Å². The SMILES string of the molecule is O=C1NC(=O)C(=Cc2ccc(OCc3ccc(C(=O)[O-])cc3)c(Cl)c2)C(=O)N1. The van der Waals surface area contributed by atoms with Gasteiger partial charge in [0, 0.05) is 0 Å². The smallest absolute Gasteiger partial charge is 0.328 e. The van der Waals surface area contributed by atoms with Crippen molar-refractivity contribution in [2.24, 2.45) is 0 Å². The van der Waals surface area contributed by atoms with E-state index in [0.29, 0.717) is 11.3 Å². The molecule has 2 N–H and O–H groups in total. The van der Waals surface area contributed by atoms with Crippen LogP contribution >= 0.6 is 11.6 Å². The Morgan fingerprint density at radius 3 is 2.25 bits per heavy atom. The minimum Gasteiger partial charge on any atom is -0.545 e. The molecule has 1 fully saturated rings. The van der Waals surface area contributed by atoms with E-state index < -0.39 is 23.8 Å². The Labute approximate surface area is 163 Å². The highest BCUT2D eigenvalue weighted by Gasteiger charge is 2.27. The van der Waals surface area contributed by atoms with Crippen molar-refractivity contribution in [1.29, 1.82) is 0 Å². The Morgan fingerprint density at radius 1 is 1.04 bits per heavy atom. The number of barbiturate groups is 1. The van der Waals surface area contributed by atoms with Gasteiger partial charge in [-0.15, -0.1) is 0 Å². The largest absolute Gasteiger partial charge is 0.545 e. The summed E-state index contributed by atoms with van der Waals surface area (Å²) in [6.07, 6.45) is 1.30. The van der Waals surface area contributed by atoms with E-state index in [2.05, 4.69) is 0 Å². The van der Waals surface area contributed by atoms with Crippen molar-refractivity contribution in [3.63, 3.8) is 0 Å². The highest BCUT2D eigenvalue weighted by molar-refractivity contribution is 6.33. The molecular formula is C19H12ClN2O6-. The molecule has 0 unspecified atom stereocenters. The number of carbonyl (C=O) groups excluding carboxylic acids is 4. The summed E-state index contributed by atoms with van der Waals surface area (Å²) in [4.78, 5) is 45.3. The monoisotopic (exact) mass is 399 g/mol. The zero-order chi connectivity index (χ0) is 20.3. The van der Waals surface area contributed by atoms with Gasteiger partial charge >= 0.3 is 6.03 Å². The summed E-state index contributed by atoms with van der Waals surface area (Å²) in [5.41, 5.74) is 1.03. The fourth-order valence-corrected chi connectivity index (χ4v) is 2.64. The fraction of sp³-hybridized carbons (Fsp3) is 0.0526. The summed E-state index contributed by atoms with van der Waals surface area (Å²) in [5, 5.41) is 14.9. The average Bonchev–Trinajstić information content (AvgIpc) is 2.64. The lowest BCUT2D eigenvalue weighted by Crippen LogP contribution is -2.51. The molecule has 142 valence electrons. The van der Waals surface area contributed by atoms with Gasteiger partial charge in [0.25, 0.3) is 11.8 Å². The molecule has 0 spiro atoms. The Hall–Kier alpha value is -3.65. The minimum absolute atomic E-state index is 0.0664. The number of ether oxygens (including phenoxy) is 1. The molecule has 28 heavy (non-hydrogen) atoms.